The van der Waals surface area contributed by atoms with E-state index in [1.807, 2.05) is 49.5 Å². The number of methoxy groups -OCH3 is 2. The van der Waals surface area contributed by atoms with Crippen molar-refractivity contribution >= 4 is 22.4 Å². The lowest BCUT2D eigenvalue weighted by Crippen LogP contribution is -2.51. The van der Waals surface area contributed by atoms with E-state index in [-0.39, 0.29) is 11.8 Å². The molecule has 1 fully saturated rings. The molecule has 3 aromatic rings. The highest BCUT2D eigenvalue weighted by atomic mass is 16.5. The molecule has 1 atom stereocenters. The van der Waals surface area contributed by atoms with Gasteiger partial charge in [0.25, 0.3) is 0 Å². The van der Waals surface area contributed by atoms with E-state index < -0.39 is 0 Å². The quantitative estimate of drug-likeness (QED) is 0.649. The third-order valence-corrected chi connectivity index (χ3v) is 5.82. The average Bonchev–Trinajstić information content (AvgIpc) is 3.21. The van der Waals surface area contributed by atoms with E-state index in [2.05, 4.69) is 20.9 Å². The molecule has 0 spiro atoms. The highest BCUT2D eigenvalue weighted by Gasteiger charge is 2.28. The third kappa shape index (κ3) is 3.68. The molecule has 0 radical (unpaired) electrons. The number of fused-ring (bicyclic) bond motifs is 1. The molecule has 152 valence electrons. The van der Waals surface area contributed by atoms with Crippen LogP contribution in [0.15, 0.2) is 48.7 Å². The minimum Gasteiger partial charge on any atom is -0.497 e. The van der Waals surface area contributed by atoms with Gasteiger partial charge in [0.2, 0.25) is 0 Å². The summed E-state index contributed by atoms with van der Waals surface area (Å²) in [6, 6.07) is 13.7. The van der Waals surface area contributed by atoms with Crippen molar-refractivity contribution in [1.82, 2.24) is 9.88 Å². The SMILES string of the molecule is COc1ccc2[nH]cc(C(=O)C(C)N3CCN(c4ccccc4OC)CC3)c2c1. The Hall–Kier alpha value is -2.99. The number of nitrogens with one attached hydrogen (secondary N) is 1. The molecule has 0 saturated carbocycles. The number of ether oxygens (including phenoxy) is 2. The number of hydrogen-bond donors (Lipinski definition) is 1. The largest absolute Gasteiger partial charge is 0.497 e. The maximum absolute atomic E-state index is 13.2. The minimum absolute atomic E-state index is 0.134. The lowest BCUT2D eigenvalue weighted by molar-refractivity contribution is 0.0831. The lowest BCUT2D eigenvalue weighted by Gasteiger charge is -2.39. The minimum atomic E-state index is -0.181. The van der Waals surface area contributed by atoms with Crippen molar-refractivity contribution in [2.45, 2.75) is 13.0 Å². The van der Waals surface area contributed by atoms with Gasteiger partial charge in [-0.2, -0.15) is 0 Å². The van der Waals surface area contributed by atoms with E-state index in [4.69, 9.17) is 9.47 Å². The summed E-state index contributed by atoms with van der Waals surface area (Å²) in [5.74, 6) is 1.78. The van der Waals surface area contributed by atoms with Crippen molar-refractivity contribution in [2.75, 3.05) is 45.3 Å². The van der Waals surface area contributed by atoms with E-state index in [1.165, 1.54) is 0 Å². The predicted molar refractivity (Wildman–Crippen MR) is 115 cm³/mol. The van der Waals surface area contributed by atoms with Crippen LogP contribution < -0.4 is 14.4 Å². The van der Waals surface area contributed by atoms with Gasteiger partial charge in [-0.3, -0.25) is 9.69 Å². The Morgan fingerprint density at radius 3 is 2.52 bits per heavy atom. The highest BCUT2D eigenvalue weighted by molar-refractivity contribution is 6.10. The molecule has 4 rings (SSSR count). The van der Waals surface area contributed by atoms with E-state index in [1.54, 1.807) is 14.2 Å². The van der Waals surface area contributed by atoms with Gasteiger partial charge in [-0.1, -0.05) is 12.1 Å². The normalized spacial score (nSPS) is 16.0. The van der Waals surface area contributed by atoms with Crippen LogP contribution >= 0.6 is 0 Å². The lowest BCUT2D eigenvalue weighted by atomic mass is 10.0. The predicted octanol–water partition coefficient (Wildman–Crippen LogP) is 3.58. The van der Waals surface area contributed by atoms with Crippen molar-refractivity contribution < 1.29 is 14.3 Å². The molecule has 0 bridgehead atoms. The number of piperazine rings is 1. The fourth-order valence-corrected chi connectivity index (χ4v) is 4.06. The summed E-state index contributed by atoms with van der Waals surface area (Å²) in [5, 5.41) is 0.911. The maximum Gasteiger partial charge on any atom is 0.181 e. The number of anilines is 1. The standard InChI is InChI=1S/C23H27N3O3/c1-16(23(27)19-15-24-20-9-8-17(28-2)14-18(19)20)25-10-12-26(13-11-25)21-6-4-5-7-22(21)29-3/h4-9,14-16,24H,10-13H2,1-3H3. The number of aromatic amines is 1. The fourth-order valence-electron chi connectivity index (χ4n) is 4.06. The second kappa shape index (κ2) is 8.17. The molecule has 6 nitrogen and oxygen atoms in total. The Morgan fingerprint density at radius 1 is 1.03 bits per heavy atom. The van der Waals surface area contributed by atoms with Gasteiger partial charge < -0.3 is 19.4 Å². The number of hydrogen-bond acceptors (Lipinski definition) is 5. The summed E-state index contributed by atoms with van der Waals surface area (Å²) >= 11 is 0. The van der Waals surface area contributed by atoms with E-state index >= 15 is 0 Å². The van der Waals surface area contributed by atoms with Gasteiger partial charge in [-0.15, -0.1) is 0 Å². The van der Waals surface area contributed by atoms with Crippen molar-refractivity contribution in [2.24, 2.45) is 0 Å². The monoisotopic (exact) mass is 393 g/mol. The Labute approximate surface area is 171 Å². The van der Waals surface area contributed by atoms with Gasteiger partial charge in [0.1, 0.15) is 11.5 Å². The average molecular weight is 393 g/mol. The number of ketones is 1. The zero-order valence-corrected chi connectivity index (χ0v) is 17.1. The Morgan fingerprint density at radius 2 is 1.79 bits per heavy atom. The molecule has 1 saturated heterocycles. The summed E-state index contributed by atoms with van der Waals surface area (Å²) in [6.45, 7) is 5.38. The molecule has 1 aliphatic rings. The van der Waals surface area contributed by atoms with Crippen LogP contribution in [-0.2, 0) is 0 Å². The molecule has 2 aromatic carbocycles. The van der Waals surface area contributed by atoms with E-state index in [0.717, 1.165) is 59.8 Å². The van der Waals surface area contributed by atoms with Crippen molar-refractivity contribution in [3.63, 3.8) is 0 Å². The first-order chi connectivity index (χ1) is 14.1. The van der Waals surface area contributed by atoms with Crippen LogP contribution in [0, 0.1) is 0 Å². The first-order valence-electron chi connectivity index (χ1n) is 9.93. The van der Waals surface area contributed by atoms with Gasteiger partial charge in [0, 0.05) is 48.8 Å². The van der Waals surface area contributed by atoms with Crippen molar-refractivity contribution in [1.29, 1.82) is 0 Å². The molecule has 2 heterocycles. The summed E-state index contributed by atoms with van der Waals surface area (Å²) < 4.78 is 10.8. The number of benzene rings is 2. The van der Waals surface area contributed by atoms with Crippen LogP contribution in [0.3, 0.4) is 0 Å². The molecule has 1 aromatic heterocycles. The molecule has 0 aliphatic carbocycles. The van der Waals surface area contributed by atoms with E-state index in [9.17, 15) is 4.79 Å². The van der Waals surface area contributed by atoms with Gasteiger partial charge in [-0.25, -0.2) is 0 Å². The summed E-state index contributed by atoms with van der Waals surface area (Å²) in [7, 11) is 3.34. The number of H-pyrrole nitrogens is 1. The molecule has 0 amide bonds. The molecule has 6 heteroatoms. The van der Waals surface area contributed by atoms with Crippen molar-refractivity contribution in [3.8, 4) is 11.5 Å². The van der Waals surface area contributed by atoms with Crippen LogP contribution in [0.5, 0.6) is 11.5 Å². The van der Waals surface area contributed by atoms with Gasteiger partial charge in [0.05, 0.1) is 25.9 Å². The zero-order chi connectivity index (χ0) is 20.4. The zero-order valence-electron chi connectivity index (χ0n) is 17.1. The first kappa shape index (κ1) is 19.3. The number of para-hydroxylation sites is 2. The van der Waals surface area contributed by atoms with Gasteiger partial charge in [-0.05, 0) is 37.3 Å². The fraction of sp³-hybridized carbons (Fsp3) is 0.348. The second-order valence-electron chi connectivity index (χ2n) is 7.35. The van der Waals surface area contributed by atoms with Crippen LogP contribution in [-0.4, -0.2) is 62.1 Å². The first-order valence-corrected chi connectivity index (χ1v) is 9.93. The Balaban J connectivity index is 1.47. The highest BCUT2D eigenvalue weighted by Crippen LogP contribution is 2.29. The summed E-state index contributed by atoms with van der Waals surface area (Å²) in [6.07, 6.45) is 1.81. The smallest absolute Gasteiger partial charge is 0.181 e. The topological polar surface area (TPSA) is 57.8 Å². The van der Waals surface area contributed by atoms with Crippen molar-refractivity contribution in [3.05, 3.63) is 54.2 Å². The summed E-state index contributed by atoms with van der Waals surface area (Å²) in [4.78, 5) is 21.0. The number of carbonyl (C=O) groups excluding carboxylic acids is 1. The van der Waals surface area contributed by atoms with Crippen LogP contribution in [0.1, 0.15) is 17.3 Å². The molecular formula is C23H27N3O3. The maximum atomic E-state index is 13.2. The number of aromatic nitrogens is 1. The Kier molecular flexibility index (Phi) is 5.45. The van der Waals surface area contributed by atoms with Crippen LogP contribution in [0.2, 0.25) is 0 Å². The van der Waals surface area contributed by atoms with Crippen LogP contribution in [0.25, 0.3) is 10.9 Å². The Bertz CT molecular complexity index is 1010. The molecule has 1 aliphatic heterocycles. The van der Waals surface area contributed by atoms with Gasteiger partial charge in [0.15, 0.2) is 5.78 Å². The van der Waals surface area contributed by atoms with Gasteiger partial charge >= 0.3 is 0 Å². The number of nitrogens with zero attached hydrogens (tertiary/aromatic N) is 2. The summed E-state index contributed by atoms with van der Waals surface area (Å²) in [5.41, 5.74) is 2.78. The van der Waals surface area contributed by atoms with Crippen LogP contribution in [0.4, 0.5) is 5.69 Å². The number of rotatable bonds is 6. The third-order valence-electron chi connectivity index (χ3n) is 5.82. The van der Waals surface area contributed by atoms with E-state index in [0.29, 0.717) is 0 Å². The molecule has 29 heavy (non-hydrogen) atoms. The number of carbonyl (C=O) groups is 1. The second-order valence-corrected chi connectivity index (χ2v) is 7.35. The number of Topliss-reactive ketones (excluding diaryl/α,β-unsaturated/α-hetero) is 1. The molecule has 1 unspecified atom stereocenters. The molecule has 1 N–H and O–H groups in total. The molecular weight excluding hydrogens is 366 g/mol.